The van der Waals surface area contributed by atoms with E-state index in [1.165, 1.54) is 0 Å². The molecule has 1 aromatic rings. The Hall–Kier alpha value is -0.570. The van der Waals surface area contributed by atoms with Crippen LogP contribution in [0.5, 0.6) is 0 Å². The third-order valence-corrected chi connectivity index (χ3v) is 2.30. The van der Waals surface area contributed by atoms with E-state index in [1.54, 1.807) is 0 Å². The van der Waals surface area contributed by atoms with E-state index < -0.39 is 0 Å². The first-order valence-corrected chi connectivity index (χ1v) is 4.27. The zero-order valence-corrected chi connectivity index (χ0v) is 7.34. The van der Waals surface area contributed by atoms with Crippen LogP contribution >= 0.6 is 11.6 Å². The molecular weight excluding hydrogens is 174 g/mol. The van der Waals surface area contributed by atoms with Gasteiger partial charge in [-0.15, -0.1) is 0 Å². The van der Waals surface area contributed by atoms with E-state index in [4.69, 9.17) is 22.1 Å². The quantitative estimate of drug-likeness (QED) is 0.667. The van der Waals surface area contributed by atoms with Gasteiger partial charge in [0.25, 0.3) is 0 Å². The van der Waals surface area contributed by atoms with Gasteiger partial charge in [-0.25, -0.2) is 0 Å². The fraction of sp³-hybridized carbons (Fsp3) is 0.333. The molecule has 0 aromatic heterocycles. The fourth-order valence-corrected chi connectivity index (χ4v) is 1.61. The predicted octanol–water partition coefficient (Wildman–Crippen LogP) is 1.87. The van der Waals surface area contributed by atoms with Crippen molar-refractivity contribution in [1.82, 2.24) is 0 Å². The second-order valence-corrected chi connectivity index (χ2v) is 3.40. The van der Waals surface area contributed by atoms with Crippen LogP contribution in [0.2, 0.25) is 5.02 Å². The number of halogens is 1. The van der Waals surface area contributed by atoms with Crippen molar-refractivity contribution in [3.8, 4) is 0 Å². The number of rotatable bonds is 0. The van der Waals surface area contributed by atoms with E-state index in [-0.39, 0.29) is 6.04 Å². The Kier molecular flexibility index (Phi) is 2.05. The topological polar surface area (TPSA) is 35.2 Å². The minimum absolute atomic E-state index is 0.0209. The molecule has 1 aliphatic rings. The number of fused-ring (bicyclic) bond motifs is 1. The molecule has 2 nitrogen and oxygen atoms in total. The van der Waals surface area contributed by atoms with Crippen molar-refractivity contribution in [2.24, 2.45) is 5.73 Å². The first-order chi connectivity index (χ1) is 5.77. The zero-order chi connectivity index (χ0) is 8.55. The molecule has 0 saturated carbocycles. The highest BCUT2D eigenvalue weighted by molar-refractivity contribution is 6.30. The van der Waals surface area contributed by atoms with Gasteiger partial charge in [0.05, 0.1) is 19.3 Å². The van der Waals surface area contributed by atoms with E-state index >= 15 is 0 Å². The van der Waals surface area contributed by atoms with Gasteiger partial charge in [0, 0.05) is 5.02 Å². The Morgan fingerprint density at radius 3 is 3.17 bits per heavy atom. The minimum atomic E-state index is -0.0209. The van der Waals surface area contributed by atoms with Gasteiger partial charge in [0.1, 0.15) is 0 Å². The standard InChI is InChI=1S/C9H10ClNO/c10-7-2-1-6-4-12-5-9(11)8(6)3-7/h1-3,9H,4-5,11H2/t9-/m0/s1. The molecule has 0 bridgehead atoms. The molecule has 0 unspecified atom stereocenters. The van der Waals surface area contributed by atoms with Crippen LogP contribution in [0, 0.1) is 0 Å². The Labute approximate surface area is 76.3 Å². The molecule has 3 heteroatoms. The van der Waals surface area contributed by atoms with E-state index in [9.17, 15) is 0 Å². The normalized spacial score (nSPS) is 22.0. The van der Waals surface area contributed by atoms with Gasteiger partial charge in [0.15, 0.2) is 0 Å². The third kappa shape index (κ3) is 1.33. The zero-order valence-electron chi connectivity index (χ0n) is 6.59. The number of hydrogen-bond acceptors (Lipinski definition) is 2. The number of benzene rings is 1. The third-order valence-electron chi connectivity index (χ3n) is 2.06. The lowest BCUT2D eigenvalue weighted by Gasteiger charge is -2.22. The van der Waals surface area contributed by atoms with Crippen LogP contribution in [0.25, 0.3) is 0 Å². The van der Waals surface area contributed by atoms with E-state index in [0.29, 0.717) is 13.2 Å². The summed E-state index contributed by atoms with van der Waals surface area (Å²) in [5.41, 5.74) is 8.10. The van der Waals surface area contributed by atoms with E-state index in [2.05, 4.69) is 0 Å². The monoisotopic (exact) mass is 183 g/mol. The summed E-state index contributed by atoms with van der Waals surface area (Å²) in [4.78, 5) is 0. The largest absolute Gasteiger partial charge is 0.375 e. The molecule has 1 aromatic carbocycles. The molecule has 1 aliphatic heterocycles. The summed E-state index contributed by atoms with van der Waals surface area (Å²) in [7, 11) is 0. The SMILES string of the molecule is N[C@H]1COCc2ccc(Cl)cc21. The minimum Gasteiger partial charge on any atom is -0.375 e. The second kappa shape index (κ2) is 3.05. The van der Waals surface area contributed by atoms with Gasteiger partial charge in [-0.2, -0.15) is 0 Å². The van der Waals surface area contributed by atoms with Gasteiger partial charge in [-0.05, 0) is 23.3 Å². The average molecular weight is 184 g/mol. The Balaban J connectivity index is 2.47. The highest BCUT2D eigenvalue weighted by atomic mass is 35.5. The van der Waals surface area contributed by atoms with Crippen molar-refractivity contribution in [3.63, 3.8) is 0 Å². The summed E-state index contributed by atoms with van der Waals surface area (Å²) in [6, 6.07) is 5.73. The maximum atomic E-state index is 5.85. The highest BCUT2D eigenvalue weighted by Gasteiger charge is 2.16. The van der Waals surface area contributed by atoms with Crippen LogP contribution in [-0.2, 0) is 11.3 Å². The van der Waals surface area contributed by atoms with Crippen molar-refractivity contribution < 1.29 is 4.74 Å². The molecule has 0 radical (unpaired) electrons. The summed E-state index contributed by atoms with van der Waals surface area (Å²) in [6.07, 6.45) is 0. The summed E-state index contributed by atoms with van der Waals surface area (Å²) >= 11 is 5.85. The molecule has 0 saturated heterocycles. The maximum absolute atomic E-state index is 5.85. The predicted molar refractivity (Wildman–Crippen MR) is 48.0 cm³/mol. The molecule has 2 N–H and O–H groups in total. The van der Waals surface area contributed by atoms with Crippen molar-refractivity contribution in [2.45, 2.75) is 12.6 Å². The smallest absolute Gasteiger partial charge is 0.0721 e. The van der Waals surface area contributed by atoms with Crippen LogP contribution in [-0.4, -0.2) is 6.61 Å². The molecule has 1 atom stereocenters. The summed E-state index contributed by atoms with van der Waals surface area (Å²) in [5.74, 6) is 0. The fourth-order valence-electron chi connectivity index (χ4n) is 1.43. The van der Waals surface area contributed by atoms with Gasteiger partial charge < -0.3 is 10.5 Å². The van der Waals surface area contributed by atoms with Crippen LogP contribution in [0.3, 0.4) is 0 Å². The maximum Gasteiger partial charge on any atom is 0.0721 e. The Morgan fingerprint density at radius 2 is 2.33 bits per heavy atom. The molecule has 0 fully saturated rings. The van der Waals surface area contributed by atoms with Gasteiger partial charge in [-0.3, -0.25) is 0 Å². The van der Waals surface area contributed by atoms with Crippen molar-refractivity contribution in [2.75, 3.05) is 6.61 Å². The second-order valence-electron chi connectivity index (χ2n) is 2.96. The van der Waals surface area contributed by atoms with Gasteiger partial charge in [0.2, 0.25) is 0 Å². The van der Waals surface area contributed by atoms with Crippen LogP contribution in [0.1, 0.15) is 17.2 Å². The van der Waals surface area contributed by atoms with Crippen LogP contribution in [0.4, 0.5) is 0 Å². The molecule has 64 valence electrons. The number of hydrogen-bond donors (Lipinski definition) is 1. The summed E-state index contributed by atoms with van der Waals surface area (Å²) in [5, 5.41) is 0.742. The van der Waals surface area contributed by atoms with Crippen molar-refractivity contribution in [1.29, 1.82) is 0 Å². The highest BCUT2D eigenvalue weighted by Crippen LogP contribution is 2.25. The van der Waals surface area contributed by atoms with Crippen molar-refractivity contribution in [3.05, 3.63) is 34.3 Å². The summed E-state index contributed by atoms with van der Waals surface area (Å²) in [6.45, 7) is 1.24. The van der Waals surface area contributed by atoms with E-state index in [1.807, 2.05) is 18.2 Å². The summed E-state index contributed by atoms with van der Waals surface area (Å²) < 4.78 is 5.28. The van der Waals surface area contributed by atoms with Crippen LogP contribution in [0.15, 0.2) is 18.2 Å². The first kappa shape index (κ1) is 8.05. The van der Waals surface area contributed by atoms with Crippen LogP contribution < -0.4 is 5.73 Å². The average Bonchev–Trinajstić information content (AvgIpc) is 2.07. The van der Waals surface area contributed by atoms with Gasteiger partial charge >= 0.3 is 0 Å². The van der Waals surface area contributed by atoms with Gasteiger partial charge in [-0.1, -0.05) is 17.7 Å². The number of nitrogens with two attached hydrogens (primary N) is 1. The molecule has 0 spiro atoms. The molecule has 2 rings (SSSR count). The molecule has 0 aliphatic carbocycles. The lowest BCUT2D eigenvalue weighted by atomic mass is 10.00. The molecule has 0 amide bonds. The Bertz CT molecular complexity index is 301. The molecular formula is C9H10ClNO. The Morgan fingerprint density at radius 1 is 1.50 bits per heavy atom. The lowest BCUT2D eigenvalue weighted by molar-refractivity contribution is 0.0924. The molecule has 1 heterocycles. The number of ether oxygens (including phenoxy) is 1. The lowest BCUT2D eigenvalue weighted by Crippen LogP contribution is -2.23. The first-order valence-electron chi connectivity index (χ1n) is 3.89. The molecule has 12 heavy (non-hydrogen) atoms. The van der Waals surface area contributed by atoms with Crippen molar-refractivity contribution >= 4 is 11.6 Å². The van der Waals surface area contributed by atoms with E-state index in [0.717, 1.165) is 16.1 Å².